The van der Waals surface area contributed by atoms with Gasteiger partial charge in [0.15, 0.2) is 0 Å². The molecule has 90 valence electrons. The van der Waals surface area contributed by atoms with Gasteiger partial charge in [0, 0.05) is 11.8 Å². The number of fused-ring (bicyclic) bond motifs is 1. The van der Waals surface area contributed by atoms with Crippen molar-refractivity contribution in [2.24, 2.45) is 0 Å². The maximum atomic E-state index is 2.36. The van der Waals surface area contributed by atoms with Gasteiger partial charge in [0.05, 0.1) is 0 Å². The Morgan fingerprint density at radius 2 is 1.17 bits per heavy atom. The van der Waals surface area contributed by atoms with E-state index in [2.05, 4.69) is 50.2 Å². The lowest BCUT2D eigenvalue weighted by Crippen LogP contribution is -2.26. The van der Waals surface area contributed by atoms with E-state index in [0.717, 1.165) is 0 Å². The molecule has 3 aliphatic carbocycles. The summed E-state index contributed by atoms with van der Waals surface area (Å²) in [5, 5.41) is 0. The van der Waals surface area contributed by atoms with Gasteiger partial charge >= 0.3 is 0 Å². The summed E-state index contributed by atoms with van der Waals surface area (Å²) in [7, 11) is 0. The molecule has 3 aliphatic rings. The topological polar surface area (TPSA) is 0 Å². The van der Waals surface area contributed by atoms with E-state index in [1.807, 2.05) is 0 Å². The van der Waals surface area contributed by atoms with Crippen LogP contribution in [0.1, 0.15) is 58.1 Å². The molecule has 0 amide bonds. The Bertz CT molecular complexity index is 579. The van der Waals surface area contributed by atoms with Crippen LogP contribution in [0.15, 0.2) is 36.4 Å². The molecule has 2 atom stereocenters. The molecule has 0 spiro atoms. The molecule has 0 N–H and O–H groups in total. The fraction of sp³-hybridized carbons (Fsp3) is 0.333. The molecule has 2 unspecified atom stereocenters. The molecule has 2 bridgehead atoms. The molecule has 2 aromatic rings. The van der Waals surface area contributed by atoms with Gasteiger partial charge in [0.25, 0.3) is 0 Å². The lowest BCUT2D eigenvalue weighted by molar-refractivity contribution is 0.515. The molecular weight excluding hydrogens is 216 g/mol. The highest BCUT2D eigenvalue weighted by Gasteiger charge is 2.38. The Morgan fingerprint density at radius 1 is 0.722 bits per heavy atom. The third kappa shape index (κ3) is 1.16. The monoisotopic (exact) mass is 234 g/mol. The fourth-order valence-corrected chi connectivity index (χ4v) is 4.21. The van der Waals surface area contributed by atoms with Crippen molar-refractivity contribution >= 4 is 0 Å². The summed E-state index contributed by atoms with van der Waals surface area (Å²) in [4.78, 5) is 0. The van der Waals surface area contributed by atoms with Crippen LogP contribution in [-0.4, -0.2) is 0 Å². The van der Waals surface area contributed by atoms with Gasteiger partial charge in [-0.3, -0.25) is 0 Å². The van der Waals surface area contributed by atoms with Crippen molar-refractivity contribution in [3.05, 3.63) is 69.8 Å². The van der Waals surface area contributed by atoms with E-state index in [0.29, 0.717) is 11.8 Å². The Hall–Kier alpha value is -1.56. The van der Waals surface area contributed by atoms with E-state index in [1.54, 1.807) is 22.3 Å². The van der Waals surface area contributed by atoms with Gasteiger partial charge in [-0.1, -0.05) is 36.4 Å². The van der Waals surface area contributed by atoms with Crippen LogP contribution >= 0.6 is 0 Å². The predicted octanol–water partition coefficient (Wildman–Crippen LogP) is 4.67. The molecule has 0 aliphatic heterocycles. The van der Waals surface area contributed by atoms with Gasteiger partial charge in [-0.2, -0.15) is 0 Å². The van der Waals surface area contributed by atoms with Crippen LogP contribution in [0.25, 0.3) is 0 Å². The molecule has 18 heavy (non-hydrogen) atoms. The van der Waals surface area contributed by atoms with E-state index >= 15 is 0 Å². The van der Waals surface area contributed by atoms with Gasteiger partial charge in [0.2, 0.25) is 0 Å². The van der Waals surface area contributed by atoms with E-state index in [-0.39, 0.29) is 0 Å². The number of hydrogen-bond acceptors (Lipinski definition) is 0. The van der Waals surface area contributed by atoms with Crippen LogP contribution in [-0.2, 0) is 0 Å². The van der Waals surface area contributed by atoms with Gasteiger partial charge in [-0.25, -0.2) is 0 Å². The van der Waals surface area contributed by atoms with Gasteiger partial charge in [-0.05, 0) is 60.1 Å². The number of benzene rings is 2. The number of aryl methyl sites for hydroxylation is 2. The summed E-state index contributed by atoms with van der Waals surface area (Å²) in [6.45, 7) is 4.55. The Morgan fingerprint density at radius 3 is 1.61 bits per heavy atom. The number of hydrogen-bond donors (Lipinski definition) is 0. The molecule has 0 heterocycles. The summed E-state index contributed by atoms with van der Waals surface area (Å²) in [6.07, 6.45) is 2.66. The quantitative estimate of drug-likeness (QED) is 0.621. The molecule has 0 aromatic heterocycles. The first-order valence-electron chi connectivity index (χ1n) is 6.96. The van der Waals surface area contributed by atoms with Crippen LogP contribution < -0.4 is 0 Å². The average molecular weight is 234 g/mol. The van der Waals surface area contributed by atoms with Crippen LogP contribution in [0.3, 0.4) is 0 Å². The maximum absolute atomic E-state index is 2.36. The lowest BCUT2D eigenvalue weighted by atomic mass is 9.62. The third-order valence-electron chi connectivity index (χ3n) is 4.91. The summed E-state index contributed by atoms with van der Waals surface area (Å²) < 4.78 is 0. The minimum absolute atomic E-state index is 0.654. The van der Waals surface area contributed by atoms with Crippen molar-refractivity contribution in [1.29, 1.82) is 0 Å². The molecule has 0 nitrogen and oxygen atoms in total. The highest BCUT2D eigenvalue weighted by atomic mass is 14.4. The summed E-state index contributed by atoms with van der Waals surface area (Å²) in [6, 6.07) is 13.7. The average Bonchev–Trinajstić information content (AvgIpc) is 2.40. The predicted molar refractivity (Wildman–Crippen MR) is 75.3 cm³/mol. The van der Waals surface area contributed by atoms with Crippen molar-refractivity contribution in [3.8, 4) is 0 Å². The van der Waals surface area contributed by atoms with E-state index < -0.39 is 0 Å². The smallest absolute Gasteiger partial charge is 0.00983 e. The summed E-state index contributed by atoms with van der Waals surface area (Å²) >= 11 is 0. The largest absolute Gasteiger partial charge is 0.0617 e. The molecule has 0 saturated carbocycles. The second-order valence-corrected chi connectivity index (χ2v) is 5.84. The maximum Gasteiger partial charge on any atom is 0.00983 e. The van der Waals surface area contributed by atoms with Crippen molar-refractivity contribution in [2.75, 3.05) is 0 Å². The standard InChI is InChI=1S/C18H18/c1-11-5-3-7-13-16-10-9-15(17(11)13)14-8-4-6-12(2)18(14)16/h3-8,15-16H,9-10H2,1-2H3. The first-order valence-corrected chi connectivity index (χ1v) is 6.96. The van der Waals surface area contributed by atoms with Gasteiger partial charge in [-0.15, -0.1) is 0 Å². The normalized spacial score (nSPS) is 23.7. The second-order valence-electron chi connectivity index (χ2n) is 5.84. The van der Waals surface area contributed by atoms with Gasteiger partial charge in [0.1, 0.15) is 0 Å². The van der Waals surface area contributed by atoms with Crippen LogP contribution in [0.4, 0.5) is 0 Å². The molecule has 5 rings (SSSR count). The zero-order valence-corrected chi connectivity index (χ0v) is 11.0. The molecular formula is C18H18. The molecule has 0 saturated heterocycles. The zero-order chi connectivity index (χ0) is 12.3. The summed E-state index contributed by atoms with van der Waals surface area (Å²) in [5.74, 6) is 1.31. The Balaban J connectivity index is 2.06. The van der Waals surface area contributed by atoms with E-state index in [4.69, 9.17) is 0 Å². The summed E-state index contributed by atoms with van der Waals surface area (Å²) in [5.41, 5.74) is 9.43. The molecule has 0 radical (unpaired) electrons. The van der Waals surface area contributed by atoms with Crippen LogP contribution in [0, 0.1) is 13.8 Å². The zero-order valence-electron chi connectivity index (χ0n) is 11.0. The Labute approximate surface area is 109 Å². The fourth-order valence-electron chi connectivity index (χ4n) is 4.21. The van der Waals surface area contributed by atoms with Crippen molar-refractivity contribution in [1.82, 2.24) is 0 Å². The van der Waals surface area contributed by atoms with Crippen molar-refractivity contribution in [3.63, 3.8) is 0 Å². The Kier molecular flexibility index (Phi) is 2.00. The number of rotatable bonds is 0. The van der Waals surface area contributed by atoms with E-state index in [1.165, 1.54) is 24.0 Å². The second kappa shape index (κ2) is 3.47. The first-order chi connectivity index (χ1) is 8.77. The first kappa shape index (κ1) is 10.4. The van der Waals surface area contributed by atoms with Crippen molar-refractivity contribution in [2.45, 2.75) is 38.5 Å². The minimum Gasteiger partial charge on any atom is -0.0617 e. The minimum atomic E-state index is 0.654. The lowest BCUT2D eigenvalue weighted by Gasteiger charge is -2.42. The van der Waals surface area contributed by atoms with Crippen LogP contribution in [0.5, 0.6) is 0 Å². The third-order valence-corrected chi connectivity index (χ3v) is 4.91. The highest BCUT2D eigenvalue weighted by molar-refractivity contribution is 5.59. The SMILES string of the molecule is Cc1cccc2c1C1CCC2c2c(C)cccc21. The van der Waals surface area contributed by atoms with Crippen molar-refractivity contribution < 1.29 is 0 Å². The molecule has 2 aromatic carbocycles. The molecule has 0 heteroatoms. The highest BCUT2D eigenvalue weighted by Crippen LogP contribution is 2.54. The van der Waals surface area contributed by atoms with Gasteiger partial charge < -0.3 is 0 Å². The molecule has 0 fully saturated rings. The van der Waals surface area contributed by atoms with E-state index in [9.17, 15) is 0 Å². The van der Waals surface area contributed by atoms with Crippen LogP contribution in [0.2, 0.25) is 0 Å².